The third kappa shape index (κ3) is 6.15. The summed E-state index contributed by atoms with van der Waals surface area (Å²) in [6.45, 7) is 2.68. The number of carbonyl (C=O) groups is 2. The van der Waals surface area contributed by atoms with Crippen LogP contribution in [0.25, 0.3) is 5.57 Å². The maximum Gasteiger partial charge on any atom is 0.337 e. The second-order valence-electron chi connectivity index (χ2n) is 7.42. The molecule has 0 amide bonds. The lowest BCUT2D eigenvalue weighted by atomic mass is 10.0. The van der Waals surface area contributed by atoms with E-state index < -0.39 is 0 Å². The zero-order chi connectivity index (χ0) is 22.2. The second-order valence-corrected chi connectivity index (χ2v) is 8.28. The molecule has 1 aliphatic carbocycles. The van der Waals surface area contributed by atoms with Gasteiger partial charge in [-0.05, 0) is 74.1 Å². The highest BCUT2D eigenvalue weighted by Crippen LogP contribution is 2.29. The Labute approximate surface area is 186 Å². The average molecular weight is 438 g/mol. The van der Waals surface area contributed by atoms with Gasteiger partial charge in [-0.3, -0.25) is 4.79 Å². The molecule has 0 saturated heterocycles. The predicted molar refractivity (Wildman–Crippen MR) is 124 cm³/mol. The fourth-order valence-electron chi connectivity index (χ4n) is 3.38. The van der Waals surface area contributed by atoms with Gasteiger partial charge in [-0.1, -0.05) is 6.08 Å². The maximum absolute atomic E-state index is 11.0. The van der Waals surface area contributed by atoms with Crippen LogP contribution < -0.4 is 5.73 Å². The topological polar surface area (TPSA) is 87.2 Å². The predicted octanol–water partition coefficient (Wildman–Crippen LogP) is 5.13. The number of methoxy groups -OCH3 is 1. The van der Waals surface area contributed by atoms with Gasteiger partial charge in [0.05, 0.1) is 30.6 Å². The van der Waals surface area contributed by atoms with E-state index >= 15 is 0 Å². The Morgan fingerprint density at radius 3 is 2.71 bits per heavy atom. The first-order valence-electron chi connectivity index (χ1n) is 10.2. The minimum Gasteiger partial charge on any atom is -0.465 e. The number of nitrogen functional groups attached to an aromatic ring is 1. The lowest BCUT2D eigenvalue weighted by molar-refractivity contribution is 0.0600. The molecule has 0 bridgehead atoms. The van der Waals surface area contributed by atoms with Crippen LogP contribution >= 0.6 is 11.3 Å². The quantitative estimate of drug-likeness (QED) is 0.340. The molecule has 0 aliphatic heterocycles. The fourth-order valence-corrected chi connectivity index (χ4v) is 4.27. The summed E-state index contributed by atoms with van der Waals surface area (Å²) in [6.07, 6.45) is 10.1. The van der Waals surface area contributed by atoms with Gasteiger partial charge in [0.2, 0.25) is 0 Å². The molecule has 2 heterocycles. The van der Waals surface area contributed by atoms with E-state index in [0.717, 1.165) is 29.0 Å². The highest BCUT2D eigenvalue weighted by molar-refractivity contribution is 7.10. The van der Waals surface area contributed by atoms with Crippen molar-refractivity contribution in [3.63, 3.8) is 0 Å². The van der Waals surface area contributed by atoms with E-state index in [1.165, 1.54) is 31.9 Å². The van der Waals surface area contributed by atoms with Crippen LogP contribution in [0.1, 0.15) is 62.8 Å². The van der Waals surface area contributed by atoms with E-state index in [2.05, 4.69) is 16.2 Å². The highest BCUT2D eigenvalue weighted by atomic mass is 32.1. The third-order valence-corrected chi connectivity index (χ3v) is 5.94. The van der Waals surface area contributed by atoms with Crippen molar-refractivity contribution in [1.29, 1.82) is 0 Å². The summed E-state index contributed by atoms with van der Waals surface area (Å²) in [7, 11) is 1.35. The highest BCUT2D eigenvalue weighted by Gasteiger charge is 2.11. The summed E-state index contributed by atoms with van der Waals surface area (Å²) in [5, 5.41) is 3.26. The van der Waals surface area contributed by atoms with Gasteiger partial charge in [-0.15, -0.1) is 11.3 Å². The smallest absolute Gasteiger partial charge is 0.337 e. The number of ether oxygens (including phenoxy) is 1. The summed E-state index contributed by atoms with van der Waals surface area (Å²) in [6, 6.07) is 8.48. The fraction of sp³-hybridized carbons (Fsp3) is 0.292. The van der Waals surface area contributed by atoms with Crippen LogP contribution in [0.2, 0.25) is 0 Å². The van der Waals surface area contributed by atoms with Crippen molar-refractivity contribution >= 4 is 34.9 Å². The molecular formula is C24H27N3O3S. The Bertz CT molecular complexity index is 1060. The molecule has 0 spiro atoms. The van der Waals surface area contributed by atoms with E-state index in [4.69, 9.17) is 10.7 Å². The van der Waals surface area contributed by atoms with Gasteiger partial charge in [0.15, 0.2) is 6.29 Å². The normalized spacial score (nSPS) is 13.0. The summed E-state index contributed by atoms with van der Waals surface area (Å²) < 4.78 is 6.47. The number of anilines is 1. The molecule has 0 atom stereocenters. The van der Waals surface area contributed by atoms with E-state index in [-0.39, 0.29) is 5.97 Å². The molecule has 1 aromatic carbocycles. The Morgan fingerprint density at radius 2 is 2.06 bits per heavy atom. The zero-order valence-corrected chi connectivity index (χ0v) is 18.7. The van der Waals surface area contributed by atoms with Crippen molar-refractivity contribution < 1.29 is 14.3 Å². The number of benzene rings is 1. The van der Waals surface area contributed by atoms with Gasteiger partial charge in [-0.2, -0.15) is 0 Å². The number of rotatable bonds is 5. The van der Waals surface area contributed by atoms with Crippen LogP contribution in [-0.2, 0) is 11.3 Å². The van der Waals surface area contributed by atoms with E-state index in [0.29, 0.717) is 23.5 Å². The number of nitrogens with two attached hydrogens (primary N) is 1. The summed E-state index contributed by atoms with van der Waals surface area (Å²) >= 11 is 1.71. The molecule has 0 unspecified atom stereocenters. The van der Waals surface area contributed by atoms with Crippen molar-refractivity contribution in [1.82, 2.24) is 9.55 Å². The van der Waals surface area contributed by atoms with Crippen molar-refractivity contribution in [3.05, 3.63) is 75.5 Å². The number of thiazole rings is 1. The molecule has 0 saturated carbocycles. The average Bonchev–Trinajstić information content (AvgIpc) is 3.41. The molecule has 162 valence electrons. The standard InChI is InChI=1S/C16H18N2OS.C8H9NO2/c1-12-7-15(10-19)18(8-12)9-14-11-20-16(17-14)13-5-3-2-4-6-13;1-11-8(10)6-2-4-7(9)5-3-6/h5,7-8,10-11H,2-4,6,9H2,1H3;2-5H,9H2,1H3. The van der Waals surface area contributed by atoms with Crippen LogP contribution in [0.4, 0.5) is 5.69 Å². The molecule has 7 heteroatoms. The first-order valence-corrected chi connectivity index (χ1v) is 11.1. The molecule has 31 heavy (non-hydrogen) atoms. The van der Waals surface area contributed by atoms with Crippen LogP contribution in [0.5, 0.6) is 0 Å². The van der Waals surface area contributed by atoms with Crippen LogP contribution in [-0.4, -0.2) is 28.9 Å². The van der Waals surface area contributed by atoms with Gasteiger partial charge >= 0.3 is 5.97 Å². The molecule has 2 N–H and O–H groups in total. The number of carbonyl (C=O) groups excluding carboxylic acids is 2. The minimum absolute atomic E-state index is 0.343. The number of hydrogen-bond donors (Lipinski definition) is 1. The van der Waals surface area contributed by atoms with Gasteiger partial charge in [0, 0.05) is 17.3 Å². The number of hydrogen-bond acceptors (Lipinski definition) is 6. The largest absolute Gasteiger partial charge is 0.465 e. The monoisotopic (exact) mass is 437 g/mol. The number of esters is 1. The van der Waals surface area contributed by atoms with E-state index in [1.807, 2.05) is 23.8 Å². The summed E-state index contributed by atoms with van der Waals surface area (Å²) in [4.78, 5) is 26.6. The Hall–Kier alpha value is -3.19. The molecule has 4 rings (SSSR count). The van der Waals surface area contributed by atoms with Crippen molar-refractivity contribution in [2.45, 2.75) is 39.2 Å². The third-order valence-electron chi connectivity index (χ3n) is 4.97. The molecule has 0 fully saturated rings. The number of allylic oxidation sites excluding steroid dienone is 2. The van der Waals surface area contributed by atoms with Crippen molar-refractivity contribution in [2.75, 3.05) is 12.8 Å². The SMILES string of the molecule is COC(=O)c1ccc(N)cc1.Cc1cc(C=O)n(Cc2csc(C3=CCCCC3)n2)c1. The Kier molecular flexibility index (Phi) is 7.78. The van der Waals surface area contributed by atoms with Crippen molar-refractivity contribution in [2.24, 2.45) is 0 Å². The minimum atomic E-state index is -0.343. The summed E-state index contributed by atoms with van der Waals surface area (Å²) in [5.74, 6) is -0.343. The van der Waals surface area contributed by atoms with E-state index in [9.17, 15) is 9.59 Å². The van der Waals surface area contributed by atoms with E-state index in [1.54, 1.807) is 35.6 Å². The number of aryl methyl sites for hydroxylation is 1. The van der Waals surface area contributed by atoms with Gasteiger partial charge in [-0.25, -0.2) is 9.78 Å². The first kappa shape index (κ1) is 22.5. The first-order chi connectivity index (χ1) is 15.0. The molecule has 6 nitrogen and oxygen atoms in total. The molecule has 3 aromatic rings. The Balaban J connectivity index is 0.000000210. The number of aromatic nitrogens is 2. The molecule has 2 aromatic heterocycles. The van der Waals surface area contributed by atoms with Gasteiger partial charge in [0.25, 0.3) is 0 Å². The lowest BCUT2D eigenvalue weighted by Crippen LogP contribution is -2.02. The maximum atomic E-state index is 11.0. The van der Waals surface area contributed by atoms with Crippen LogP contribution in [0.15, 0.2) is 48.0 Å². The number of nitrogens with zero attached hydrogens (tertiary/aromatic N) is 2. The second kappa shape index (κ2) is 10.7. The zero-order valence-electron chi connectivity index (χ0n) is 17.8. The van der Waals surface area contributed by atoms with Gasteiger partial charge in [0.1, 0.15) is 5.01 Å². The van der Waals surface area contributed by atoms with Crippen molar-refractivity contribution in [3.8, 4) is 0 Å². The summed E-state index contributed by atoms with van der Waals surface area (Å²) in [5.41, 5.74) is 10.8. The molecular weight excluding hydrogens is 410 g/mol. The molecule has 0 radical (unpaired) electrons. The number of aldehydes is 1. The molecule has 1 aliphatic rings. The lowest BCUT2D eigenvalue weighted by Gasteiger charge is -2.09. The van der Waals surface area contributed by atoms with Crippen LogP contribution in [0.3, 0.4) is 0 Å². The van der Waals surface area contributed by atoms with Gasteiger partial charge < -0.3 is 15.0 Å². The Morgan fingerprint density at radius 1 is 1.29 bits per heavy atom. The van der Waals surface area contributed by atoms with Crippen LogP contribution in [0, 0.1) is 6.92 Å².